The Morgan fingerprint density at radius 2 is 1.79 bits per heavy atom. The van der Waals surface area contributed by atoms with Gasteiger partial charge in [-0.05, 0) is 34.9 Å². The largest absolute Gasteiger partial charge is 0.507 e. The van der Waals surface area contributed by atoms with Crippen LogP contribution in [0.1, 0.15) is 21.5 Å². The van der Waals surface area contributed by atoms with Crippen molar-refractivity contribution in [1.82, 2.24) is 10.7 Å². The molecule has 0 saturated heterocycles. The fourth-order valence-corrected chi connectivity index (χ4v) is 2.93. The number of allylic oxidation sites excluding steroid dienone is 1. The Labute approximate surface area is 168 Å². The molecule has 0 atom stereocenters. The number of phenols is 1. The Hall–Kier alpha value is -3.93. The quantitative estimate of drug-likeness (QED) is 0.330. The molecule has 6 nitrogen and oxygen atoms in total. The van der Waals surface area contributed by atoms with E-state index < -0.39 is 5.91 Å². The maximum absolute atomic E-state index is 12.4. The number of phenolic OH excluding ortho intramolecular Hbond substituents is 1. The van der Waals surface area contributed by atoms with Crippen molar-refractivity contribution in [2.75, 3.05) is 6.54 Å². The molecule has 2 amide bonds. The first-order chi connectivity index (χ1) is 14.1. The van der Waals surface area contributed by atoms with Crippen molar-refractivity contribution < 1.29 is 14.7 Å². The summed E-state index contributed by atoms with van der Waals surface area (Å²) in [6.07, 6.45) is 3.57. The third-order valence-electron chi connectivity index (χ3n) is 4.35. The van der Waals surface area contributed by atoms with Gasteiger partial charge in [-0.1, -0.05) is 54.6 Å². The van der Waals surface area contributed by atoms with E-state index in [2.05, 4.69) is 22.4 Å². The normalized spacial score (nSPS) is 10.8. The molecule has 6 heteroatoms. The molecule has 0 fully saturated rings. The second kappa shape index (κ2) is 9.32. The highest BCUT2D eigenvalue weighted by molar-refractivity contribution is 6.07. The van der Waals surface area contributed by atoms with Crippen LogP contribution in [-0.2, 0) is 11.2 Å². The van der Waals surface area contributed by atoms with Crippen molar-refractivity contribution in [2.45, 2.75) is 6.42 Å². The van der Waals surface area contributed by atoms with Gasteiger partial charge in [-0.3, -0.25) is 9.59 Å². The number of fused-ring (bicyclic) bond motifs is 1. The van der Waals surface area contributed by atoms with Gasteiger partial charge in [0.05, 0.1) is 12.8 Å². The Morgan fingerprint density at radius 3 is 2.62 bits per heavy atom. The highest BCUT2D eigenvalue weighted by Crippen LogP contribution is 2.21. The van der Waals surface area contributed by atoms with Crippen molar-refractivity contribution in [1.29, 1.82) is 0 Å². The maximum atomic E-state index is 12.4. The van der Waals surface area contributed by atoms with Crippen molar-refractivity contribution in [3.8, 4) is 5.75 Å². The Kier molecular flexibility index (Phi) is 6.37. The summed E-state index contributed by atoms with van der Waals surface area (Å²) in [4.78, 5) is 24.4. The molecular formula is C23H21N3O3. The van der Waals surface area contributed by atoms with Gasteiger partial charge >= 0.3 is 0 Å². The van der Waals surface area contributed by atoms with Gasteiger partial charge < -0.3 is 10.4 Å². The number of hydrazone groups is 1. The zero-order valence-electron chi connectivity index (χ0n) is 15.8. The molecule has 0 aliphatic rings. The lowest BCUT2D eigenvalue weighted by atomic mass is 10.0. The minimum absolute atomic E-state index is 0.0923. The average molecular weight is 387 g/mol. The number of nitrogens with one attached hydrogen (secondary N) is 2. The zero-order valence-corrected chi connectivity index (χ0v) is 15.8. The molecule has 0 bridgehead atoms. The van der Waals surface area contributed by atoms with E-state index in [9.17, 15) is 14.7 Å². The van der Waals surface area contributed by atoms with Crippen LogP contribution < -0.4 is 10.7 Å². The zero-order chi connectivity index (χ0) is 20.6. The van der Waals surface area contributed by atoms with E-state index in [1.54, 1.807) is 36.4 Å². The van der Waals surface area contributed by atoms with Crippen LogP contribution in [0.2, 0.25) is 0 Å². The highest BCUT2D eigenvalue weighted by atomic mass is 16.3. The molecule has 0 unspecified atom stereocenters. The SMILES string of the molecule is C=CCc1cccc(/C=N/NC(=O)CNC(=O)c2cccc3ccccc23)c1O. The first-order valence-electron chi connectivity index (χ1n) is 9.09. The van der Waals surface area contributed by atoms with Crippen molar-refractivity contribution >= 4 is 28.8 Å². The lowest BCUT2D eigenvalue weighted by Crippen LogP contribution is -2.35. The standard InChI is InChI=1S/C23H21N3O3/c1-2-7-17-10-5-11-18(22(17)28)14-25-26-21(27)15-24-23(29)20-13-6-9-16-8-3-4-12-19(16)20/h2-6,8-14,28H,1,7,15H2,(H,24,29)(H,26,27)/b25-14+. The minimum Gasteiger partial charge on any atom is -0.507 e. The van der Waals surface area contributed by atoms with Crippen molar-refractivity contribution in [3.05, 3.63) is 90.0 Å². The maximum Gasteiger partial charge on any atom is 0.259 e. The predicted molar refractivity (Wildman–Crippen MR) is 114 cm³/mol. The summed E-state index contributed by atoms with van der Waals surface area (Å²) in [6.45, 7) is 3.43. The molecule has 0 aliphatic carbocycles. The summed E-state index contributed by atoms with van der Waals surface area (Å²) in [5, 5.41) is 18.4. The summed E-state index contributed by atoms with van der Waals surface area (Å²) < 4.78 is 0. The van der Waals surface area contributed by atoms with Gasteiger partial charge in [0.25, 0.3) is 11.8 Å². The number of hydrogen-bond donors (Lipinski definition) is 3. The van der Waals surface area contributed by atoms with Crippen molar-refractivity contribution in [2.24, 2.45) is 5.10 Å². The number of carbonyl (C=O) groups excluding carboxylic acids is 2. The molecular weight excluding hydrogens is 366 g/mol. The van der Waals surface area contributed by atoms with Gasteiger partial charge in [0.2, 0.25) is 0 Å². The number of para-hydroxylation sites is 1. The number of carbonyl (C=O) groups is 2. The van der Waals surface area contributed by atoms with Gasteiger partial charge in [-0.25, -0.2) is 5.43 Å². The fourth-order valence-electron chi connectivity index (χ4n) is 2.93. The van der Waals surface area contributed by atoms with E-state index in [0.29, 0.717) is 17.5 Å². The topological polar surface area (TPSA) is 90.8 Å². The number of aromatic hydroxyl groups is 1. The molecule has 0 heterocycles. The van der Waals surface area contributed by atoms with E-state index in [1.165, 1.54) is 6.21 Å². The second-order valence-corrected chi connectivity index (χ2v) is 6.35. The second-order valence-electron chi connectivity index (χ2n) is 6.35. The van der Waals surface area contributed by atoms with Gasteiger partial charge in [-0.15, -0.1) is 6.58 Å². The molecule has 0 spiro atoms. The predicted octanol–water partition coefficient (Wildman–Crippen LogP) is 3.15. The molecule has 146 valence electrons. The first kappa shape index (κ1) is 19.8. The van der Waals surface area contributed by atoms with Crippen LogP contribution in [0, 0.1) is 0 Å². The van der Waals surface area contributed by atoms with Crippen molar-refractivity contribution in [3.63, 3.8) is 0 Å². The summed E-state index contributed by atoms with van der Waals surface area (Å²) >= 11 is 0. The van der Waals surface area contributed by atoms with Gasteiger partial charge in [0, 0.05) is 11.1 Å². The average Bonchev–Trinajstić information content (AvgIpc) is 2.74. The van der Waals surface area contributed by atoms with Gasteiger partial charge in [0.15, 0.2) is 0 Å². The number of benzene rings is 3. The minimum atomic E-state index is -0.475. The van der Waals surface area contributed by atoms with E-state index in [1.807, 2.05) is 30.3 Å². The first-order valence-corrected chi connectivity index (χ1v) is 9.09. The molecule has 0 radical (unpaired) electrons. The number of hydrogen-bond acceptors (Lipinski definition) is 4. The van der Waals surface area contributed by atoms with E-state index in [-0.39, 0.29) is 18.2 Å². The van der Waals surface area contributed by atoms with Crippen LogP contribution in [-0.4, -0.2) is 29.7 Å². The lowest BCUT2D eigenvalue weighted by Gasteiger charge is -2.07. The molecule has 3 aromatic carbocycles. The molecule has 29 heavy (non-hydrogen) atoms. The Morgan fingerprint density at radius 1 is 1.03 bits per heavy atom. The van der Waals surface area contributed by atoms with Crippen LogP contribution in [0.15, 0.2) is 78.4 Å². The van der Waals surface area contributed by atoms with Crippen LogP contribution in [0.25, 0.3) is 10.8 Å². The third kappa shape index (κ3) is 4.87. The number of amides is 2. The van der Waals surface area contributed by atoms with E-state index >= 15 is 0 Å². The van der Waals surface area contributed by atoms with Crippen LogP contribution in [0.3, 0.4) is 0 Å². The molecule has 3 rings (SSSR count). The van der Waals surface area contributed by atoms with E-state index in [4.69, 9.17) is 0 Å². The van der Waals surface area contributed by atoms with Crippen LogP contribution >= 0.6 is 0 Å². The fraction of sp³-hybridized carbons (Fsp3) is 0.0870. The van der Waals surface area contributed by atoms with Gasteiger partial charge in [-0.2, -0.15) is 5.10 Å². The van der Waals surface area contributed by atoms with Crippen LogP contribution in [0.4, 0.5) is 0 Å². The summed E-state index contributed by atoms with van der Waals surface area (Å²) in [5.41, 5.74) is 4.04. The molecule has 0 aromatic heterocycles. The Bertz CT molecular complexity index is 1080. The third-order valence-corrected chi connectivity index (χ3v) is 4.35. The smallest absolute Gasteiger partial charge is 0.259 e. The molecule has 3 aromatic rings. The van der Waals surface area contributed by atoms with Gasteiger partial charge in [0.1, 0.15) is 5.75 Å². The summed E-state index contributed by atoms with van der Waals surface area (Å²) in [6, 6.07) is 18.2. The molecule has 0 aliphatic heterocycles. The monoisotopic (exact) mass is 387 g/mol. The summed E-state index contributed by atoms with van der Waals surface area (Å²) in [7, 11) is 0. The Balaban J connectivity index is 1.57. The number of nitrogens with zero attached hydrogens (tertiary/aromatic N) is 1. The highest BCUT2D eigenvalue weighted by Gasteiger charge is 2.11. The lowest BCUT2D eigenvalue weighted by molar-refractivity contribution is -0.120. The molecule has 0 saturated carbocycles. The summed E-state index contributed by atoms with van der Waals surface area (Å²) in [5.74, 6) is -0.720. The van der Waals surface area contributed by atoms with E-state index in [0.717, 1.165) is 16.3 Å². The molecule has 3 N–H and O–H groups in total. The van der Waals surface area contributed by atoms with Crippen LogP contribution in [0.5, 0.6) is 5.75 Å². The number of rotatable bonds is 7.